The molecule has 0 aliphatic rings. The molecule has 0 heterocycles. The molecule has 15 heteroatoms. The summed E-state index contributed by atoms with van der Waals surface area (Å²) in [7, 11) is 1.34. The van der Waals surface area contributed by atoms with Crippen LogP contribution in [0.5, 0.6) is 0 Å². The first-order valence-corrected chi connectivity index (χ1v) is 17.7. The summed E-state index contributed by atoms with van der Waals surface area (Å²) in [6.07, 6.45) is -5.42. The van der Waals surface area contributed by atoms with Crippen molar-refractivity contribution < 1.29 is 44.7 Å². The molecule has 0 spiro atoms. The van der Waals surface area contributed by atoms with Gasteiger partial charge in [0.15, 0.2) is 0 Å². The zero-order valence-corrected chi connectivity index (χ0v) is 30.3. The lowest BCUT2D eigenvalue weighted by molar-refractivity contribution is -0.142. The van der Waals surface area contributed by atoms with E-state index in [0.717, 1.165) is 16.0 Å². The first kappa shape index (κ1) is 44.2. The molecule has 0 saturated carbocycles. The zero-order chi connectivity index (χ0) is 38.8. The second-order valence-electron chi connectivity index (χ2n) is 13.6. The topological polar surface area (TPSA) is 261 Å². The smallest absolute Gasteiger partial charge is 0.244 e. The second kappa shape index (κ2) is 22.9. The van der Waals surface area contributed by atoms with E-state index in [9.17, 15) is 39.6 Å². The predicted molar refractivity (Wildman–Crippen MR) is 195 cm³/mol. The summed E-state index contributed by atoms with van der Waals surface area (Å²) < 4.78 is 0. The Bertz CT molecular complexity index is 1370. The zero-order valence-electron chi connectivity index (χ0n) is 30.3. The highest BCUT2D eigenvalue weighted by Crippen LogP contribution is 2.13. The van der Waals surface area contributed by atoms with E-state index >= 15 is 0 Å². The number of benzene rings is 2. The first-order chi connectivity index (χ1) is 24.7. The van der Waals surface area contributed by atoms with Crippen LogP contribution in [0.4, 0.5) is 0 Å². The number of unbranched alkanes of at least 4 members (excludes halogenated alkanes) is 1. The Morgan fingerprint density at radius 1 is 0.712 bits per heavy atom. The van der Waals surface area contributed by atoms with Crippen molar-refractivity contribution in [1.82, 2.24) is 20.9 Å². The van der Waals surface area contributed by atoms with Crippen LogP contribution < -0.4 is 27.4 Å². The van der Waals surface area contributed by atoms with E-state index in [-0.39, 0.29) is 31.6 Å². The molecule has 2 aromatic carbocycles. The van der Waals surface area contributed by atoms with Crippen LogP contribution in [0.3, 0.4) is 0 Å². The lowest BCUT2D eigenvalue weighted by Crippen LogP contribution is -2.59. The highest BCUT2D eigenvalue weighted by atomic mass is 16.4. The third-order valence-corrected chi connectivity index (χ3v) is 8.61. The largest absolute Gasteiger partial charge is 0.394 e. The molecular formula is C37H58N6O9. The monoisotopic (exact) mass is 730 g/mol. The highest BCUT2D eigenvalue weighted by molar-refractivity contribution is 5.95. The number of rotatable bonds is 23. The minimum atomic E-state index is -1.88. The van der Waals surface area contributed by atoms with Crippen LogP contribution in [0, 0.1) is 5.92 Å². The average Bonchev–Trinajstić information content (AvgIpc) is 3.12. The number of likely N-dealkylation sites (N-methyl/N-ethyl adjacent to an activating group) is 1. The van der Waals surface area contributed by atoms with Gasteiger partial charge < -0.3 is 57.9 Å². The molecule has 8 atom stereocenters. The van der Waals surface area contributed by atoms with Gasteiger partial charge in [-0.15, -0.1) is 0 Å². The van der Waals surface area contributed by atoms with Gasteiger partial charge in [-0.3, -0.25) is 19.2 Å². The summed E-state index contributed by atoms with van der Waals surface area (Å²) >= 11 is 0. The lowest BCUT2D eigenvalue weighted by Gasteiger charge is -2.31. The summed E-state index contributed by atoms with van der Waals surface area (Å²) in [5.74, 6) is -2.49. The van der Waals surface area contributed by atoms with E-state index in [1.165, 1.54) is 7.05 Å². The van der Waals surface area contributed by atoms with Gasteiger partial charge in [-0.2, -0.15) is 0 Å². The van der Waals surface area contributed by atoms with Gasteiger partial charge in [-0.25, -0.2) is 0 Å². The molecule has 2 aromatic rings. The molecule has 52 heavy (non-hydrogen) atoms. The Morgan fingerprint density at radius 2 is 1.21 bits per heavy atom. The fourth-order valence-corrected chi connectivity index (χ4v) is 5.60. The number of hydrogen-bond acceptors (Lipinski definition) is 11. The van der Waals surface area contributed by atoms with E-state index in [2.05, 4.69) is 16.0 Å². The van der Waals surface area contributed by atoms with Crippen LogP contribution in [0.1, 0.15) is 50.7 Å². The average molecular weight is 731 g/mol. The molecule has 15 nitrogen and oxygen atoms in total. The number of amides is 4. The molecular weight excluding hydrogens is 672 g/mol. The molecule has 0 aromatic heterocycles. The van der Waals surface area contributed by atoms with Crippen molar-refractivity contribution in [2.24, 2.45) is 17.4 Å². The van der Waals surface area contributed by atoms with Crippen LogP contribution in [-0.4, -0.2) is 129 Å². The maximum Gasteiger partial charge on any atom is 0.244 e. The van der Waals surface area contributed by atoms with Gasteiger partial charge in [0.25, 0.3) is 0 Å². The molecule has 12 N–H and O–H groups in total. The molecule has 0 fully saturated rings. The molecule has 2 rings (SSSR count). The molecule has 0 aliphatic carbocycles. The standard InChI is InChI=1S/C37H58N6O9/c1-23(2)18-28(35(50)40-27(16-10-11-17-38)37(52)43(3)21-30(45)32(47)33(48)31(46)22-44)42-36(51)29(20-25-14-8-5-9-15-25)41-34(49)26(39)19-24-12-6-4-7-13-24/h4-9,12-15,23,26-33,44-48H,10-11,16-22,38-39H2,1-3H3,(H,40,50)(H,41,49)(H,42,51)/t26-,27-,28-,29-,30+,31-,32-,33-/m1/s1. The Balaban J connectivity index is 2.25. The van der Waals surface area contributed by atoms with Crippen LogP contribution in [-0.2, 0) is 32.0 Å². The summed E-state index contributed by atoms with van der Waals surface area (Å²) in [6.45, 7) is 2.74. The minimum absolute atomic E-state index is 0.0658. The van der Waals surface area contributed by atoms with Crippen molar-refractivity contribution in [3.63, 3.8) is 0 Å². The number of aliphatic hydroxyl groups is 5. The molecule has 0 aliphatic heterocycles. The van der Waals surface area contributed by atoms with Gasteiger partial charge >= 0.3 is 0 Å². The van der Waals surface area contributed by atoms with E-state index in [4.69, 9.17) is 16.6 Å². The maximum atomic E-state index is 13.9. The third-order valence-electron chi connectivity index (χ3n) is 8.61. The van der Waals surface area contributed by atoms with E-state index in [1.54, 1.807) is 12.1 Å². The van der Waals surface area contributed by atoms with Crippen LogP contribution in [0.2, 0.25) is 0 Å². The normalized spacial score (nSPS) is 16.1. The molecule has 0 radical (unpaired) electrons. The number of nitrogens with zero attached hydrogens (tertiary/aromatic N) is 1. The first-order valence-electron chi connectivity index (χ1n) is 17.7. The maximum absolute atomic E-state index is 13.9. The van der Waals surface area contributed by atoms with E-state index < -0.39 is 85.4 Å². The Labute approximate surface area is 305 Å². The second-order valence-corrected chi connectivity index (χ2v) is 13.6. The number of nitrogens with two attached hydrogens (primary N) is 2. The lowest BCUT2D eigenvalue weighted by atomic mass is 9.99. The van der Waals surface area contributed by atoms with Gasteiger partial charge in [-0.05, 0) is 55.7 Å². The Kier molecular flexibility index (Phi) is 19.4. The number of hydrogen-bond donors (Lipinski definition) is 10. The van der Waals surface area contributed by atoms with Crippen molar-refractivity contribution in [1.29, 1.82) is 0 Å². The minimum Gasteiger partial charge on any atom is -0.394 e. The number of carbonyl (C=O) groups excluding carboxylic acids is 4. The summed E-state index contributed by atoms with van der Waals surface area (Å²) in [5, 5.41) is 57.7. The molecule has 4 amide bonds. The summed E-state index contributed by atoms with van der Waals surface area (Å²) in [5.41, 5.74) is 13.5. The van der Waals surface area contributed by atoms with Gasteiger partial charge in [0.2, 0.25) is 23.6 Å². The van der Waals surface area contributed by atoms with Gasteiger partial charge in [0, 0.05) is 20.0 Å². The SMILES string of the molecule is CC(C)C[C@@H](NC(=O)[C@@H](Cc1ccccc1)NC(=O)[C@H](N)Cc1ccccc1)C(=O)N[C@H](CCCCN)C(=O)N(C)C[C@H](O)[C@@H](O)[C@H](O)[C@H](O)CO. The number of carbonyl (C=O) groups is 4. The predicted octanol–water partition coefficient (Wildman–Crippen LogP) is -1.68. The fourth-order valence-electron chi connectivity index (χ4n) is 5.60. The number of nitrogens with one attached hydrogen (secondary N) is 3. The van der Waals surface area contributed by atoms with Gasteiger partial charge in [-0.1, -0.05) is 74.5 Å². The summed E-state index contributed by atoms with van der Waals surface area (Å²) in [6, 6.07) is 14.1. The van der Waals surface area contributed by atoms with Gasteiger partial charge in [0.05, 0.1) is 12.6 Å². The molecule has 0 saturated heterocycles. The Hall–Kier alpha value is -3.96. The third kappa shape index (κ3) is 14.9. The van der Waals surface area contributed by atoms with Crippen LogP contribution in [0.15, 0.2) is 60.7 Å². The fraction of sp³-hybridized carbons (Fsp3) is 0.568. The van der Waals surface area contributed by atoms with Crippen molar-refractivity contribution in [3.05, 3.63) is 71.8 Å². The van der Waals surface area contributed by atoms with Crippen molar-refractivity contribution in [2.75, 3.05) is 26.7 Å². The van der Waals surface area contributed by atoms with Crippen LogP contribution in [0.25, 0.3) is 0 Å². The Morgan fingerprint density at radius 3 is 1.75 bits per heavy atom. The van der Waals surface area contributed by atoms with Crippen LogP contribution >= 0.6 is 0 Å². The van der Waals surface area contributed by atoms with Crippen molar-refractivity contribution >= 4 is 23.6 Å². The number of aliphatic hydroxyl groups excluding tert-OH is 5. The van der Waals surface area contributed by atoms with E-state index in [0.29, 0.717) is 19.4 Å². The van der Waals surface area contributed by atoms with Crippen molar-refractivity contribution in [3.8, 4) is 0 Å². The molecule has 0 unspecified atom stereocenters. The molecule has 0 bridgehead atoms. The molecule has 290 valence electrons. The highest BCUT2D eigenvalue weighted by Gasteiger charge is 2.34. The quantitative estimate of drug-likeness (QED) is 0.0578. The van der Waals surface area contributed by atoms with E-state index in [1.807, 2.05) is 62.4 Å². The van der Waals surface area contributed by atoms with Crippen molar-refractivity contribution in [2.45, 2.75) is 101 Å². The van der Waals surface area contributed by atoms with Gasteiger partial charge in [0.1, 0.15) is 42.5 Å². The summed E-state index contributed by atoms with van der Waals surface area (Å²) in [4.78, 5) is 55.6.